The minimum Gasteiger partial charge on any atom is -0.336 e. The van der Waals surface area contributed by atoms with Gasteiger partial charge in [0.15, 0.2) is 11.0 Å². The number of nitrogens with zero attached hydrogens (tertiary/aromatic N) is 4. The van der Waals surface area contributed by atoms with E-state index in [4.69, 9.17) is 0 Å². The van der Waals surface area contributed by atoms with E-state index in [9.17, 15) is 9.59 Å². The summed E-state index contributed by atoms with van der Waals surface area (Å²) in [6.07, 6.45) is 0.818. The van der Waals surface area contributed by atoms with Gasteiger partial charge in [0, 0.05) is 29.7 Å². The number of benzene rings is 2. The molecule has 7 nitrogen and oxygen atoms in total. The summed E-state index contributed by atoms with van der Waals surface area (Å²) in [6.45, 7) is 1.59. The highest BCUT2D eigenvalue weighted by atomic mass is 79.9. The van der Waals surface area contributed by atoms with Crippen LogP contribution in [0, 0.1) is 0 Å². The third-order valence-electron chi connectivity index (χ3n) is 4.77. The van der Waals surface area contributed by atoms with Crippen LogP contribution >= 0.6 is 27.7 Å². The van der Waals surface area contributed by atoms with Gasteiger partial charge in [-0.3, -0.25) is 9.69 Å². The maximum atomic E-state index is 12.4. The number of aromatic nitrogens is 3. The Kier molecular flexibility index (Phi) is 6.49. The summed E-state index contributed by atoms with van der Waals surface area (Å²) < 4.78 is 3.03. The van der Waals surface area contributed by atoms with Crippen molar-refractivity contribution in [2.75, 3.05) is 18.8 Å². The summed E-state index contributed by atoms with van der Waals surface area (Å²) in [5.41, 5.74) is 2.17. The lowest BCUT2D eigenvalue weighted by molar-refractivity contribution is -0.124. The molecule has 4 rings (SSSR count). The maximum Gasteiger partial charge on any atom is 0.324 e. The zero-order valence-corrected chi connectivity index (χ0v) is 18.5. The van der Waals surface area contributed by atoms with Crippen molar-refractivity contribution >= 4 is 39.6 Å². The first-order valence-electron chi connectivity index (χ1n) is 9.56. The number of imide groups is 1. The highest BCUT2D eigenvalue weighted by molar-refractivity contribution is 9.10. The third kappa shape index (κ3) is 4.73. The minimum absolute atomic E-state index is 0.136. The Morgan fingerprint density at radius 2 is 1.87 bits per heavy atom. The molecule has 3 amide bonds. The first-order valence-corrected chi connectivity index (χ1v) is 11.3. The van der Waals surface area contributed by atoms with Crippen molar-refractivity contribution in [3.05, 3.63) is 64.6 Å². The normalized spacial score (nSPS) is 13.5. The Hall–Kier alpha value is -2.65. The number of amides is 3. The van der Waals surface area contributed by atoms with Gasteiger partial charge in [-0.2, -0.15) is 0 Å². The number of hydrogen-bond donors (Lipinski definition) is 1. The maximum absolute atomic E-state index is 12.4. The molecule has 0 aliphatic carbocycles. The van der Waals surface area contributed by atoms with Crippen molar-refractivity contribution in [3.8, 4) is 11.4 Å². The molecule has 0 spiro atoms. The van der Waals surface area contributed by atoms with Gasteiger partial charge < -0.3 is 9.88 Å². The summed E-state index contributed by atoms with van der Waals surface area (Å²) in [5, 5.41) is 12.0. The number of nitrogens with one attached hydrogen (secondary N) is 1. The van der Waals surface area contributed by atoms with E-state index in [-0.39, 0.29) is 17.7 Å². The molecular weight excluding hydrogens is 466 g/mol. The number of hydrogen-bond acceptors (Lipinski definition) is 5. The van der Waals surface area contributed by atoms with Gasteiger partial charge in [-0.05, 0) is 24.1 Å². The van der Waals surface area contributed by atoms with Crippen molar-refractivity contribution in [1.29, 1.82) is 0 Å². The van der Waals surface area contributed by atoms with Crippen LogP contribution in [0.15, 0.2) is 64.2 Å². The lowest BCUT2D eigenvalue weighted by Crippen LogP contribution is -2.35. The third-order valence-corrected chi connectivity index (χ3v) is 6.25. The highest BCUT2D eigenvalue weighted by Gasteiger charge is 2.26. The standard InChI is InChI=1S/C21H20BrN5O2S/c22-17-8-6-16(7-9-17)19-24-25-21(27(19)12-10-15-4-2-1-3-5-15)30-14-18(28)26-13-11-23-20(26)29/h1-9H,10-14H2,(H,23,29). The first kappa shape index (κ1) is 20.6. The molecule has 2 aromatic carbocycles. The van der Waals surface area contributed by atoms with E-state index < -0.39 is 0 Å². The Balaban J connectivity index is 1.55. The first-order chi connectivity index (χ1) is 14.6. The van der Waals surface area contributed by atoms with E-state index in [1.54, 1.807) is 0 Å². The average molecular weight is 486 g/mol. The van der Waals surface area contributed by atoms with Crippen LogP contribution in [0.1, 0.15) is 5.56 Å². The van der Waals surface area contributed by atoms with Gasteiger partial charge in [0.25, 0.3) is 0 Å². The lowest BCUT2D eigenvalue weighted by atomic mass is 10.1. The molecule has 2 heterocycles. The Morgan fingerprint density at radius 1 is 1.10 bits per heavy atom. The van der Waals surface area contributed by atoms with Gasteiger partial charge in [-0.1, -0.05) is 70.2 Å². The largest absolute Gasteiger partial charge is 0.336 e. The highest BCUT2D eigenvalue weighted by Crippen LogP contribution is 2.26. The monoisotopic (exact) mass is 485 g/mol. The van der Waals surface area contributed by atoms with Crippen LogP contribution < -0.4 is 5.32 Å². The molecule has 1 aliphatic rings. The molecule has 0 radical (unpaired) electrons. The molecule has 0 unspecified atom stereocenters. The van der Waals surface area contributed by atoms with E-state index in [1.165, 1.54) is 22.2 Å². The summed E-state index contributed by atoms with van der Waals surface area (Å²) >= 11 is 4.77. The number of aryl methyl sites for hydroxylation is 1. The number of halogens is 1. The van der Waals surface area contributed by atoms with Crippen LogP contribution in [0.2, 0.25) is 0 Å². The molecular formula is C21H20BrN5O2S. The molecule has 3 aromatic rings. The van der Waals surface area contributed by atoms with E-state index in [0.29, 0.717) is 24.8 Å². The van der Waals surface area contributed by atoms with E-state index in [0.717, 1.165) is 22.3 Å². The molecule has 30 heavy (non-hydrogen) atoms. The second kappa shape index (κ2) is 9.44. The summed E-state index contributed by atoms with van der Waals surface area (Å²) in [5.74, 6) is 0.669. The van der Waals surface area contributed by atoms with Crippen molar-refractivity contribution in [3.63, 3.8) is 0 Å². The number of thioether (sulfide) groups is 1. The van der Waals surface area contributed by atoms with Gasteiger partial charge in [0.2, 0.25) is 5.91 Å². The summed E-state index contributed by atoms with van der Waals surface area (Å²) in [6, 6.07) is 17.8. The number of urea groups is 1. The molecule has 1 aliphatic heterocycles. The van der Waals surface area contributed by atoms with Crippen LogP contribution in [-0.2, 0) is 17.8 Å². The zero-order chi connectivity index (χ0) is 20.9. The van der Waals surface area contributed by atoms with Crippen LogP contribution in [0.4, 0.5) is 4.79 Å². The van der Waals surface area contributed by atoms with Crippen molar-refractivity contribution in [2.24, 2.45) is 0 Å². The Labute approximate surface area is 187 Å². The fourth-order valence-corrected chi connectivity index (χ4v) is 4.31. The van der Waals surface area contributed by atoms with Crippen molar-refractivity contribution < 1.29 is 9.59 Å². The summed E-state index contributed by atoms with van der Waals surface area (Å²) in [4.78, 5) is 25.4. The quantitative estimate of drug-likeness (QED) is 0.517. The smallest absolute Gasteiger partial charge is 0.324 e. The molecule has 1 aromatic heterocycles. The zero-order valence-electron chi connectivity index (χ0n) is 16.1. The van der Waals surface area contributed by atoms with E-state index >= 15 is 0 Å². The molecule has 1 saturated heterocycles. The van der Waals surface area contributed by atoms with Crippen LogP contribution in [0.3, 0.4) is 0 Å². The average Bonchev–Trinajstić information content (AvgIpc) is 3.38. The van der Waals surface area contributed by atoms with E-state index in [2.05, 4.69) is 43.6 Å². The van der Waals surface area contributed by atoms with Crippen LogP contribution in [0.25, 0.3) is 11.4 Å². The lowest BCUT2D eigenvalue weighted by Gasteiger charge is -2.13. The molecule has 154 valence electrons. The van der Waals surface area contributed by atoms with E-state index in [1.807, 2.05) is 47.0 Å². The molecule has 0 bridgehead atoms. The predicted molar refractivity (Wildman–Crippen MR) is 119 cm³/mol. The Bertz CT molecular complexity index is 1040. The second-order valence-corrected chi connectivity index (χ2v) is 8.62. The topological polar surface area (TPSA) is 80.1 Å². The number of carbonyl (C=O) groups is 2. The molecule has 1 fully saturated rings. The molecule has 0 saturated carbocycles. The predicted octanol–water partition coefficient (Wildman–Crippen LogP) is 3.59. The minimum atomic E-state index is -0.332. The van der Waals surface area contributed by atoms with Crippen molar-refractivity contribution in [1.82, 2.24) is 25.0 Å². The van der Waals surface area contributed by atoms with Crippen LogP contribution in [0.5, 0.6) is 0 Å². The second-order valence-electron chi connectivity index (χ2n) is 6.77. The van der Waals surface area contributed by atoms with Gasteiger partial charge in [0.05, 0.1) is 5.75 Å². The Morgan fingerprint density at radius 3 is 2.57 bits per heavy atom. The molecule has 0 atom stereocenters. The fourth-order valence-electron chi connectivity index (χ4n) is 3.21. The van der Waals surface area contributed by atoms with Gasteiger partial charge >= 0.3 is 6.03 Å². The van der Waals surface area contributed by atoms with Gasteiger partial charge in [-0.15, -0.1) is 10.2 Å². The summed E-state index contributed by atoms with van der Waals surface area (Å²) in [7, 11) is 0. The van der Waals surface area contributed by atoms with Crippen molar-refractivity contribution in [2.45, 2.75) is 18.1 Å². The van der Waals surface area contributed by atoms with Gasteiger partial charge in [-0.25, -0.2) is 4.79 Å². The SMILES string of the molecule is O=C(CSc1nnc(-c2ccc(Br)cc2)n1CCc1ccccc1)N1CCNC1=O. The van der Waals surface area contributed by atoms with Crippen LogP contribution in [-0.4, -0.2) is 50.4 Å². The fraction of sp³-hybridized carbons (Fsp3) is 0.238. The van der Waals surface area contributed by atoms with Gasteiger partial charge in [0.1, 0.15) is 0 Å². The molecule has 9 heteroatoms. The molecule has 1 N–H and O–H groups in total. The number of rotatable bonds is 7. The number of carbonyl (C=O) groups excluding carboxylic acids is 2.